The highest BCUT2D eigenvalue weighted by molar-refractivity contribution is 6.25. The lowest BCUT2D eigenvalue weighted by atomic mass is 9.79. The maximum absolute atomic E-state index is 12.0. The zero-order valence-electron chi connectivity index (χ0n) is 8.49. The molecular formula is C11H14Cl2O. The highest BCUT2D eigenvalue weighted by Gasteiger charge is 2.42. The predicted octanol–water partition coefficient (Wildman–Crippen LogP) is 3.32. The van der Waals surface area contributed by atoms with Crippen molar-refractivity contribution in [2.45, 2.75) is 20.3 Å². The van der Waals surface area contributed by atoms with Crippen molar-refractivity contribution in [3.63, 3.8) is 0 Å². The third-order valence-corrected chi connectivity index (χ3v) is 3.60. The van der Waals surface area contributed by atoms with Crippen LogP contribution in [-0.2, 0) is 4.79 Å². The average molecular weight is 233 g/mol. The first-order valence-corrected chi connectivity index (χ1v) is 5.58. The summed E-state index contributed by atoms with van der Waals surface area (Å²) in [5, 5.41) is 0. The van der Waals surface area contributed by atoms with Gasteiger partial charge in [0.1, 0.15) is 0 Å². The first-order chi connectivity index (χ1) is 6.47. The molecular weight excluding hydrogens is 219 g/mol. The number of alkyl halides is 2. The Morgan fingerprint density at radius 1 is 1.50 bits per heavy atom. The molecule has 0 aromatic heterocycles. The van der Waals surface area contributed by atoms with Gasteiger partial charge >= 0.3 is 0 Å². The Bertz CT molecular complexity index is 317. The molecule has 1 aliphatic rings. The van der Waals surface area contributed by atoms with Gasteiger partial charge in [-0.15, -0.1) is 23.2 Å². The SMILES string of the molecule is C=C(C)C1(C)CC(CCl)=C(CCl)C1=O. The fourth-order valence-corrected chi connectivity index (χ4v) is 2.30. The van der Waals surface area contributed by atoms with Gasteiger partial charge in [-0.2, -0.15) is 0 Å². The van der Waals surface area contributed by atoms with Crippen LogP contribution in [0.2, 0.25) is 0 Å². The molecule has 0 aliphatic heterocycles. The standard InChI is InChI=1S/C11H14Cl2O/c1-7(2)11(3)4-8(5-12)9(6-13)10(11)14/h1,4-6H2,2-3H3. The van der Waals surface area contributed by atoms with E-state index in [0.29, 0.717) is 17.9 Å². The Balaban J connectivity index is 3.09. The molecule has 0 aromatic carbocycles. The summed E-state index contributed by atoms with van der Waals surface area (Å²) in [5.41, 5.74) is 2.06. The minimum atomic E-state index is -0.478. The summed E-state index contributed by atoms with van der Waals surface area (Å²) in [6.45, 7) is 7.65. The van der Waals surface area contributed by atoms with E-state index in [1.54, 1.807) is 0 Å². The topological polar surface area (TPSA) is 17.1 Å². The van der Waals surface area contributed by atoms with Gasteiger partial charge in [-0.25, -0.2) is 0 Å². The summed E-state index contributed by atoms with van der Waals surface area (Å²) in [6.07, 6.45) is 0.673. The Labute approximate surface area is 94.8 Å². The fourth-order valence-electron chi connectivity index (χ4n) is 1.74. The van der Waals surface area contributed by atoms with Crippen LogP contribution in [0.1, 0.15) is 20.3 Å². The number of hydrogen-bond donors (Lipinski definition) is 0. The quantitative estimate of drug-likeness (QED) is 0.539. The first-order valence-electron chi connectivity index (χ1n) is 4.51. The van der Waals surface area contributed by atoms with Crippen molar-refractivity contribution in [3.05, 3.63) is 23.3 Å². The zero-order valence-corrected chi connectivity index (χ0v) is 10.0. The van der Waals surface area contributed by atoms with Crippen LogP contribution in [0.4, 0.5) is 0 Å². The van der Waals surface area contributed by atoms with E-state index < -0.39 is 5.41 Å². The number of halogens is 2. The molecule has 0 spiro atoms. The number of rotatable bonds is 3. The van der Waals surface area contributed by atoms with Gasteiger partial charge < -0.3 is 0 Å². The van der Waals surface area contributed by atoms with E-state index in [1.807, 2.05) is 13.8 Å². The smallest absolute Gasteiger partial charge is 0.170 e. The van der Waals surface area contributed by atoms with Crippen LogP contribution in [0.15, 0.2) is 23.3 Å². The van der Waals surface area contributed by atoms with Gasteiger partial charge in [-0.05, 0) is 25.8 Å². The number of hydrogen-bond acceptors (Lipinski definition) is 1. The number of Topliss-reactive ketones (excluding diaryl/α,β-unsaturated/α-hetero) is 1. The van der Waals surface area contributed by atoms with Crippen molar-refractivity contribution in [3.8, 4) is 0 Å². The zero-order chi connectivity index (χ0) is 10.9. The second kappa shape index (κ2) is 4.08. The van der Waals surface area contributed by atoms with E-state index in [2.05, 4.69) is 6.58 Å². The Kier molecular flexibility index (Phi) is 3.44. The maximum Gasteiger partial charge on any atom is 0.170 e. The molecule has 1 nitrogen and oxygen atoms in total. The van der Waals surface area contributed by atoms with Gasteiger partial charge in [0.25, 0.3) is 0 Å². The molecule has 0 saturated heterocycles. The van der Waals surface area contributed by atoms with E-state index in [0.717, 1.165) is 11.1 Å². The average Bonchev–Trinajstić information content (AvgIpc) is 2.40. The normalized spacial score (nSPS) is 27.3. The monoisotopic (exact) mass is 232 g/mol. The first kappa shape index (κ1) is 11.8. The van der Waals surface area contributed by atoms with Gasteiger partial charge in [-0.1, -0.05) is 12.2 Å². The molecule has 0 heterocycles. The maximum atomic E-state index is 12.0. The second-order valence-electron chi connectivity index (χ2n) is 3.97. The predicted molar refractivity (Wildman–Crippen MR) is 61.0 cm³/mol. The van der Waals surface area contributed by atoms with Crippen LogP contribution in [0, 0.1) is 5.41 Å². The summed E-state index contributed by atoms with van der Waals surface area (Å²) in [7, 11) is 0. The molecule has 0 amide bonds. The van der Waals surface area contributed by atoms with Crippen LogP contribution >= 0.6 is 23.2 Å². The summed E-state index contributed by atoms with van der Waals surface area (Å²) >= 11 is 11.5. The second-order valence-corrected chi connectivity index (χ2v) is 4.50. The van der Waals surface area contributed by atoms with E-state index in [1.165, 1.54) is 0 Å². The van der Waals surface area contributed by atoms with Crippen LogP contribution in [0.5, 0.6) is 0 Å². The molecule has 0 N–H and O–H groups in total. The van der Waals surface area contributed by atoms with Crippen molar-refractivity contribution in [1.29, 1.82) is 0 Å². The third kappa shape index (κ3) is 1.64. The van der Waals surface area contributed by atoms with E-state index in [-0.39, 0.29) is 11.7 Å². The van der Waals surface area contributed by atoms with Crippen molar-refractivity contribution in [2.24, 2.45) is 5.41 Å². The van der Waals surface area contributed by atoms with Crippen LogP contribution in [-0.4, -0.2) is 17.5 Å². The van der Waals surface area contributed by atoms with Gasteiger partial charge in [0.2, 0.25) is 0 Å². The highest BCUT2D eigenvalue weighted by Crippen LogP contribution is 2.43. The molecule has 1 unspecified atom stereocenters. The molecule has 3 heteroatoms. The summed E-state index contributed by atoms with van der Waals surface area (Å²) in [4.78, 5) is 12.0. The Morgan fingerprint density at radius 3 is 2.36 bits per heavy atom. The van der Waals surface area contributed by atoms with E-state index in [4.69, 9.17) is 23.2 Å². The highest BCUT2D eigenvalue weighted by atomic mass is 35.5. The third-order valence-electron chi connectivity index (χ3n) is 3.01. The van der Waals surface area contributed by atoms with Gasteiger partial charge in [-0.3, -0.25) is 4.79 Å². The Morgan fingerprint density at radius 2 is 2.07 bits per heavy atom. The number of allylic oxidation sites excluding steroid dienone is 3. The molecule has 0 aromatic rings. The lowest BCUT2D eigenvalue weighted by Gasteiger charge is -2.23. The van der Waals surface area contributed by atoms with Crippen molar-refractivity contribution >= 4 is 29.0 Å². The van der Waals surface area contributed by atoms with Gasteiger partial charge in [0, 0.05) is 11.5 Å². The molecule has 0 saturated carbocycles. The minimum absolute atomic E-state index is 0.0932. The Hall–Kier alpha value is -0.270. The number of carbonyl (C=O) groups is 1. The van der Waals surface area contributed by atoms with Crippen molar-refractivity contribution in [2.75, 3.05) is 11.8 Å². The molecule has 0 fully saturated rings. The lowest BCUT2D eigenvalue weighted by molar-refractivity contribution is -0.121. The molecule has 0 radical (unpaired) electrons. The number of carbonyl (C=O) groups excluding carboxylic acids is 1. The van der Waals surface area contributed by atoms with Gasteiger partial charge in [0.15, 0.2) is 5.78 Å². The molecule has 78 valence electrons. The van der Waals surface area contributed by atoms with Crippen molar-refractivity contribution in [1.82, 2.24) is 0 Å². The number of ketones is 1. The van der Waals surface area contributed by atoms with Gasteiger partial charge in [0.05, 0.1) is 11.3 Å². The van der Waals surface area contributed by atoms with Crippen LogP contribution in [0.3, 0.4) is 0 Å². The molecule has 1 aliphatic carbocycles. The van der Waals surface area contributed by atoms with E-state index in [9.17, 15) is 4.79 Å². The molecule has 1 atom stereocenters. The molecule has 0 bridgehead atoms. The molecule has 14 heavy (non-hydrogen) atoms. The molecule has 1 rings (SSSR count). The summed E-state index contributed by atoms with van der Waals surface area (Å²) < 4.78 is 0. The van der Waals surface area contributed by atoms with Crippen molar-refractivity contribution < 1.29 is 4.79 Å². The largest absolute Gasteiger partial charge is 0.294 e. The fraction of sp³-hybridized carbons (Fsp3) is 0.545. The minimum Gasteiger partial charge on any atom is -0.294 e. The summed E-state index contributed by atoms with van der Waals surface area (Å²) in [5.74, 6) is 0.733. The summed E-state index contributed by atoms with van der Waals surface area (Å²) in [6, 6.07) is 0. The van der Waals surface area contributed by atoms with Crippen LogP contribution < -0.4 is 0 Å². The van der Waals surface area contributed by atoms with Crippen LogP contribution in [0.25, 0.3) is 0 Å². The van der Waals surface area contributed by atoms with E-state index >= 15 is 0 Å². The lowest BCUT2D eigenvalue weighted by Crippen LogP contribution is -2.25.